The van der Waals surface area contributed by atoms with E-state index in [-0.39, 0.29) is 5.91 Å². The molecule has 1 amide bonds. The minimum Gasteiger partial charge on any atom is -0.281 e. The fourth-order valence-electron chi connectivity index (χ4n) is 3.11. The molecule has 0 fully saturated rings. The normalized spacial score (nSPS) is 11.0. The SMILES string of the molecule is Cc1cc2nc(N(Cc3ccccn3)C(=O)CSCc3ccccc3)sc2cc1C. The zero-order chi connectivity index (χ0) is 20.9. The van der Waals surface area contributed by atoms with Gasteiger partial charge in [0.25, 0.3) is 0 Å². The van der Waals surface area contributed by atoms with Gasteiger partial charge in [0.2, 0.25) is 5.91 Å². The van der Waals surface area contributed by atoms with Crippen LogP contribution in [0.1, 0.15) is 22.4 Å². The van der Waals surface area contributed by atoms with Gasteiger partial charge in [0.05, 0.1) is 28.2 Å². The van der Waals surface area contributed by atoms with Crippen molar-refractivity contribution in [1.29, 1.82) is 0 Å². The molecule has 0 spiro atoms. The highest BCUT2D eigenvalue weighted by molar-refractivity contribution is 7.99. The number of hydrogen-bond donors (Lipinski definition) is 0. The lowest BCUT2D eigenvalue weighted by molar-refractivity contribution is -0.116. The van der Waals surface area contributed by atoms with Crippen molar-refractivity contribution in [3.05, 3.63) is 89.2 Å². The second-order valence-electron chi connectivity index (χ2n) is 7.18. The van der Waals surface area contributed by atoms with Gasteiger partial charge in [-0.25, -0.2) is 4.98 Å². The number of aromatic nitrogens is 2. The molecule has 0 aliphatic rings. The van der Waals surface area contributed by atoms with E-state index in [4.69, 9.17) is 4.98 Å². The smallest absolute Gasteiger partial charge is 0.239 e. The molecule has 4 aromatic rings. The van der Waals surface area contributed by atoms with Crippen molar-refractivity contribution in [3.8, 4) is 0 Å². The van der Waals surface area contributed by atoms with Crippen molar-refractivity contribution < 1.29 is 4.79 Å². The molecule has 0 unspecified atom stereocenters. The summed E-state index contributed by atoms with van der Waals surface area (Å²) in [5, 5.41) is 0.728. The molecule has 0 saturated heterocycles. The third-order valence-electron chi connectivity index (χ3n) is 4.91. The number of amides is 1. The van der Waals surface area contributed by atoms with E-state index >= 15 is 0 Å². The Labute approximate surface area is 185 Å². The van der Waals surface area contributed by atoms with Gasteiger partial charge < -0.3 is 0 Å². The van der Waals surface area contributed by atoms with Crippen LogP contribution in [-0.4, -0.2) is 21.6 Å². The van der Waals surface area contributed by atoms with Gasteiger partial charge in [0, 0.05) is 11.9 Å². The van der Waals surface area contributed by atoms with Crippen LogP contribution in [0.4, 0.5) is 5.13 Å². The Kier molecular flexibility index (Phi) is 6.45. The highest BCUT2D eigenvalue weighted by atomic mass is 32.2. The molecule has 2 heterocycles. The summed E-state index contributed by atoms with van der Waals surface area (Å²) in [6.45, 7) is 4.61. The maximum absolute atomic E-state index is 13.2. The molecule has 0 aliphatic carbocycles. The summed E-state index contributed by atoms with van der Waals surface area (Å²) in [6, 6.07) is 20.2. The van der Waals surface area contributed by atoms with Crippen molar-refractivity contribution in [1.82, 2.24) is 9.97 Å². The van der Waals surface area contributed by atoms with E-state index in [1.54, 1.807) is 34.2 Å². The van der Waals surface area contributed by atoms with Gasteiger partial charge in [-0.3, -0.25) is 14.7 Å². The third kappa shape index (κ3) is 4.89. The number of fused-ring (bicyclic) bond motifs is 1. The van der Waals surface area contributed by atoms with Crippen molar-refractivity contribution in [2.24, 2.45) is 0 Å². The van der Waals surface area contributed by atoms with Crippen LogP contribution in [0.3, 0.4) is 0 Å². The van der Waals surface area contributed by atoms with E-state index in [2.05, 4.69) is 43.1 Å². The van der Waals surface area contributed by atoms with Crippen molar-refractivity contribution in [2.45, 2.75) is 26.1 Å². The number of benzene rings is 2. The number of nitrogens with zero attached hydrogens (tertiary/aromatic N) is 3. The number of carbonyl (C=O) groups is 1. The molecule has 4 nitrogen and oxygen atoms in total. The molecule has 0 bridgehead atoms. The van der Waals surface area contributed by atoms with Crippen molar-refractivity contribution in [3.63, 3.8) is 0 Å². The maximum Gasteiger partial charge on any atom is 0.239 e. The maximum atomic E-state index is 13.2. The Hall–Kier alpha value is -2.70. The standard InChI is InChI=1S/C24H23N3OS2/c1-17-12-21-22(13-18(17)2)30-24(26-21)27(14-20-10-6-7-11-25-20)23(28)16-29-15-19-8-4-3-5-9-19/h3-13H,14-16H2,1-2H3. The molecule has 0 saturated carbocycles. The average Bonchev–Trinajstić information content (AvgIpc) is 3.16. The van der Waals surface area contributed by atoms with Gasteiger partial charge in [-0.1, -0.05) is 47.7 Å². The lowest BCUT2D eigenvalue weighted by Crippen LogP contribution is -2.32. The number of carbonyl (C=O) groups excluding carboxylic acids is 1. The minimum atomic E-state index is 0.0501. The monoisotopic (exact) mass is 433 g/mol. The van der Waals surface area contributed by atoms with E-state index in [0.29, 0.717) is 12.3 Å². The molecule has 2 aromatic heterocycles. The number of rotatable bonds is 7. The van der Waals surface area contributed by atoms with Gasteiger partial charge in [0.1, 0.15) is 0 Å². The second-order valence-corrected chi connectivity index (χ2v) is 9.17. The summed E-state index contributed by atoms with van der Waals surface area (Å²) in [5.41, 5.74) is 5.45. The van der Waals surface area contributed by atoms with Crippen molar-refractivity contribution in [2.75, 3.05) is 10.7 Å². The molecule has 4 rings (SSSR count). The van der Waals surface area contributed by atoms with Gasteiger partial charge in [0.15, 0.2) is 5.13 Å². The predicted octanol–water partition coefficient (Wildman–Crippen LogP) is 5.77. The zero-order valence-electron chi connectivity index (χ0n) is 17.0. The van der Waals surface area contributed by atoms with Crippen LogP contribution >= 0.6 is 23.1 Å². The Morgan fingerprint density at radius 2 is 1.80 bits per heavy atom. The number of anilines is 1. The fourth-order valence-corrected chi connectivity index (χ4v) is 5.03. The van der Waals surface area contributed by atoms with Crippen LogP contribution in [0.15, 0.2) is 66.9 Å². The first-order valence-corrected chi connectivity index (χ1v) is 11.8. The zero-order valence-corrected chi connectivity index (χ0v) is 18.7. The summed E-state index contributed by atoms with van der Waals surface area (Å²) in [5.74, 6) is 1.26. The number of aryl methyl sites for hydroxylation is 2. The molecule has 0 aliphatic heterocycles. The van der Waals surface area contributed by atoms with Crippen LogP contribution < -0.4 is 4.90 Å². The predicted molar refractivity (Wildman–Crippen MR) is 127 cm³/mol. The van der Waals surface area contributed by atoms with Gasteiger partial charge in [-0.05, 0) is 54.8 Å². The molecule has 6 heteroatoms. The van der Waals surface area contributed by atoms with E-state index in [0.717, 1.165) is 26.8 Å². The molecular weight excluding hydrogens is 410 g/mol. The third-order valence-corrected chi connectivity index (χ3v) is 6.94. The van der Waals surface area contributed by atoms with E-state index < -0.39 is 0 Å². The fraction of sp³-hybridized carbons (Fsp3) is 0.208. The van der Waals surface area contributed by atoms with Crippen molar-refractivity contribution >= 4 is 44.4 Å². The first-order chi connectivity index (χ1) is 14.6. The van der Waals surface area contributed by atoms with E-state index in [1.165, 1.54) is 16.7 Å². The first kappa shape index (κ1) is 20.6. The highest BCUT2D eigenvalue weighted by Crippen LogP contribution is 2.32. The highest BCUT2D eigenvalue weighted by Gasteiger charge is 2.21. The Morgan fingerprint density at radius 1 is 1.03 bits per heavy atom. The summed E-state index contributed by atoms with van der Waals surface area (Å²) >= 11 is 3.19. The number of thiazole rings is 1. The Bertz CT molecular complexity index is 1100. The van der Waals surface area contributed by atoms with Gasteiger partial charge >= 0.3 is 0 Å². The van der Waals surface area contributed by atoms with Gasteiger partial charge in [-0.15, -0.1) is 11.8 Å². The quantitative estimate of drug-likeness (QED) is 0.371. The lowest BCUT2D eigenvalue weighted by atomic mass is 10.1. The van der Waals surface area contributed by atoms with Crippen LogP contribution in [0.5, 0.6) is 0 Å². The lowest BCUT2D eigenvalue weighted by Gasteiger charge is -2.19. The van der Waals surface area contributed by atoms with Crippen LogP contribution in [0, 0.1) is 13.8 Å². The van der Waals surface area contributed by atoms with E-state index in [1.807, 2.05) is 36.4 Å². The molecule has 30 heavy (non-hydrogen) atoms. The molecule has 0 radical (unpaired) electrons. The van der Waals surface area contributed by atoms with Crippen LogP contribution in [0.2, 0.25) is 0 Å². The topological polar surface area (TPSA) is 46.1 Å². The van der Waals surface area contributed by atoms with Crippen LogP contribution in [-0.2, 0) is 17.1 Å². The molecule has 0 atom stereocenters. The number of hydrogen-bond acceptors (Lipinski definition) is 5. The summed E-state index contributed by atoms with van der Waals surface area (Å²) < 4.78 is 1.10. The first-order valence-electron chi connectivity index (χ1n) is 9.80. The molecular formula is C24H23N3OS2. The summed E-state index contributed by atoms with van der Waals surface area (Å²) in [6.07, 6.45) is 1.76. The number of thioether (sulfide) groups is 1. The molecule has 152 valence electrons. The van der Waals surface area contributed by atoms with Crippen LogP contribution in [0.25, 0.3) is 10.2 Å². The van der Waals surface area contributed by atoms with Gasteiger partial charge in [-0.2, -0.15) is 0 Å². The minimum absolute atomic E-state index is 0.0501. The second kappa shape index (κ2) is 9.41. The Morgan fingerprint density at radius 3 is 2.57 bits per heavy atom. The molecule has 2 aromatic carbocycles. The molecule has 0 N–H and O–H groups in total. The summed E-state index contributed by atoms with van der Waals surface area (Å²) in [7, 11) is 0. The largest absolute Gasteiger partial charge is 0.281 e. The number of pyridine rings is 1. The summed E-state index contributed by atoms with van der Waals surface area (Å²) in [4.78, 5) is 24.2. The van der Waals surface area contributed by atoms with E-state index in [9.17, 15) is 4.79 Å². The Balaban J connectivity index is 1.56. The average molecular weight is 434 g/mol.